The third-order valence-corrected chi connectivity index (χ3v) is 5.43. The number of fused-ring (bicyclic) bond motifs is 1. The molecule has 158 valence electrons. The summed E-state index contributed by atoms with van der Waals surface area (Å²) in [5.41, 5.74) is 7.14. The smallest absolute Gasteiger partial charge is 0.330 e. The molecule has 9 nitrogen and oxygen atoms in total. The molecule has 31 heavy (non-hydrogen) atoms. The van der Waals surface area contributed by atoms with Crippen LogP contribution in [0.1, 0.15) is 15.9 Å². The lowest BCUT2D eigenvalue weighted by Crippen LogP contribution is -2.46. The molecule has 0 unspecified atom stereocenters. The number of hydrogen-bond donors (Lipinski definition) is 3. The van der Waals surface area contributed by atoms with Crippen molar-refractivity contribution in [1.82, 2.24) is 9.97 Å². The fourth-order valence-corrected chi connectivity index (χ4v) is 3.74. The largest absolute Gasteiger partial charge is 0.506 e. The van der Waals surface area contributed by atoms with E-state index in [2.05, 4.69) is 15.3 Å². The highest BCUT2D eigenvalue weighted by Gasteiger charge is 2.33. The number of anilines is 4. The molecule has 1 aliphatic rings. The highest BCUT2D eigenvalue weighted by molar-refractivity contribution is 6.41. The molecule has 0 atom stereocenters. The van der Waals surface area contributed by atoms with Gasteiger partial charge in [-0.15, -0.1) is 0 Å². The van der Waals surface area contributed by atoms with Crippen molar-refractivity contribution in [3.8, 4) is 5.75 Å². The van der Waals surface area contributed by atoms with E-state index < -0.39 is 11.9 Å². The van der Waals surface area contributed by atoms with Gasteiger partial charge in [0.15, 0.2) is 0 Å². The van der Waals surface area contributed by atoms with Crippen LogP contribution < -0.4 is 20.9 Å². The van der Waals surface area contributed by atoms with E-state index in [1.54, 1.807) is 37.5 Å². The maximum Gasteiger partial charge on any atom is 0.330 e. The van der Waals surface area contributed by atoms with Crippen LogP contribution in [-0.2, 0) is 6.54 Å². The van der Waals surface area contributed by atoms with E-state index in [1.165, 1.54) is 21.9 Å². The molecule has 3 amide bonds. The quantitative estimate of drug-likeness (QED) is 0.544. The highest BCUT2D eigenvalue weighted by atomic mass is 35.5. The predicted octanol–water partition coefficient (Wildman–Crippen LogP) is 3.91. The van der Waals surface area contributed by atoms with Gasteiger partial charge >= 0.3 is 6.03 Å². The SMILES string of the molecule is CN1C(=O)N(c2c(Cl)ccc(O)c2Cl)Cc2cnc(Nc3ccc(C(N)=O)cc3)nc21. The van der Waals surface area contributed by atoms with E-state index in [1.807, 2.05) is 0 Å². The van der Waals surface area contributed by atoms with Crippen molar-refractivity contribution in [3.63, 3.8) is 0 Å². The van der Waals surface area contributed by atoms with Gasteiger partial charge < -0.3 is 16.2 Å². The summed E-state index contributed by atoms with van der Waals surface area (Å²) in [6.45, 7) is 0.120. The first kappa shape index (κ1) is 20.7. The summed E-state index contributed by atoms with van der Waals surface area (Å²) in [4.78, 5) is 35.6. The number of benzene rings is 2. The van der Waals surface area contributed by atoms with Gasteiger partial charge in [-0.2, -0.15) is 4.98 Å². The standard InChI is InChI=1S/C20H16Cl2N6O3/c1-27-18-11(9-28(20(27)31)16-13(21)6-7-14(29)15(16)22)8-24-19(26-18)25-12-4-2-10(3-5-12)17(23)30/h2-8,29H,9H2,1H3,(H2,23,30)(H,24,25,26). The van der Waals surface area contributed by atoms with Gasteiger partial charge in [0.05, 0.1) is 17.3 Å². The first-order chi connectivity index (χ1) is 14.8. The normalized spacial score (nSPS) is 13.2. The monoisotopic (exact) mass is 458 g/mol. The lowest BCUT2D eigenvalue weighted by atomic mass is 10.2. The number of primary amides is 1. The number of aromatic hydroxyl groups is 1. The average Bonchev–Trinajstić information content (AvgIpc) is 2.75. The van der Waals surface area contributed by atoms with Crippen molar-refractivity contribution in [2.24, 2.45) is 5.73 Å². The molecule has 0 aliphatic carbocycles. The second-order valence-electron chi connectivity index (χ2n) is 6.77. The first-order valence-electron chi connectivity index (χ1n) is 9.01. The Morgan fingerprint density at radius 3 is 2.58 bits per heavy atom. The Balaban J connectivity index is 1.64. The molecular weight excluding hydrogens is 443 g/mol. The van der Waals surface area contributed by atoms with E-state index >= 15 is 0 Å². The number of carbonyl (C=O) groups is 2. The number of nitrogens with one attached hydrogen (secondary N) is 1. The minimum atomic E-state index is -0.520. The number of phenolic OH excluding ortho intramolecular Hbond substituents is 1. The molecule has 4 N–H and O–H groups in total. The average molecular weight is 459 g/mol. The number of nitrogens with zero attached hydrogens (tertiary/aromatic N) is 4. The lowest BCUT2D eigenvalue weighted by Gasteiger charge is -2.34. The van der Waals surface area contributed by atoms with E-state index in [0.29, 0.717) is 22.6 Å². The van der Waals surface area contributed by atoms with E-state index in [-0.39, 0.29) is 34.0 Å². The van der Waals surface area contributed by atoms with E-state index in [4.69, 9.17) is 28.9 Å². The molecule has 2 aromatic carbocycles. The second kappa shape index (κ2) is 7.93. The Morgan fingerprint density at radius 2 is 1.90 bits per heavy atom. The van der Waals surface area contributed by atoms with Crippen molar-refractivity contribution >= 4 is 58.3 Å². The third kappa shape index (κ3) is 3.80. The molecule has 0 spiro atoms. The number of nitrogens with two attached hydrogens (primary N) is 1. The van der Waals surface area contributed by atoms with Crippen LogP contribution in [0.25, 0.3) is 0 Å². The van der Waals surface area contributed by atoms with Crippen molar-refractivity contribution in [3.05, 3.63) is 63.8 Å². The fourth-order valence-electron chi connectivity index (χ4n) is 3.17. The second-order valence-corrected chi connectivity index (χ2v) is 7.55. The van der Waals surface area contributed by atoms with Crippen LogP contribution in [0.4, 0.5) is 27.9 Å². The number of amides is 3. The first-order valence-corrected chi connectivity index (χ1v) is 9.77. The van der Waals surface area contributed by atoms with Crippen molar-refractivity contribution in [2.45, 2.75) is 6.54 Å². The lowest BCUT2D eigenvalue weighted by molar-refractivity contribution is 0.100. The van der Waals surface area contributed by atoms with Gasteiger partial charge in [-0.3, -0.25) is 14.6 Å². The molecule has 1 aliphatic heterocycles. The highest BCUT2D eigenvalue weighted by Crippen LogP contribution is 2.42. The zero-order valence-electron chi connectivity index (χ0n) is 16.1. The summed E-state index contributed by atoms with van der Waals surface area (Å²) in [6.07, 6.45) is 1.59. The number of hydrogen-bond acceptors (Lipinski definition) is 6. The Labute approximate surface area is 187 Å². The van der Waals surface area contributed by atoms with Gasteiger partial charge in [-0.05, 0) is 36.4 Å². The molecular formula is C20H16Cl2N6O3. The topological polar surface area (TPSA) is 125 Å². The summed E-state index contributed by atoms with van der Waals surface area (Å²) >= 11 is 12.4. The van der Waals surface area contributed by atoms with Crippen LogP contribution in [0.3, 0.4) is 0 Å². The van der Waals surface area contributed by atoms with Crippen LogP contribution in [0, 0.1) is 0 Å². The zero-order valence-corrected chi connectivity index (χ0v) is 17.6. The summed E-state index contributed by atoms with van der Waals surface area (Å²) in [7, 11) is 1.57. The predicted molar refractivity (Wildman–Crippen MR) is 118 cm³/mol. The number of phenols is 1. The molecule has 0 saturated carbocycles. The van der Waals surface area contributed by atoms with Gasteiger partial charge in [-0.1, -0.05) is 23.2 Å². The molecule has 3 aromatic rings. The third-order valence-electron chi connectivity index (χ3n) is 4.75. The minimum Gasteiger partial charge on any atom is -0.506 e. The number of halogens is 2. The van der Waals surface area contributed by atoms with Crippen molar-refractivity contribution in [1.29, 1.82) is 0 Å². The van der Waals surface area contributed by atoms with Gasteiger partial charge in [0, 0.05) is 30.1 Å². The maximum atomic E-state index is 13.0. The van der Waals surface area contributed by atoms with Crippen LogP contribution in [-0.4, -0.2) is 34.1 Å². The molecule has 0 fully saturated rings. The molecule has 2 heterocycles. The fraction of sp³-hybridized carbons (Fsp3) is 0.100. The Morgan fingerprint density at radius 1 is 1.19 bits per heavy atom. The minimum absolute atomic E-state index is 0.0173. The Kier molecular flexibility index (Phi) is 5.30. The number of rotatable bonds is 4. The molecule has 11 heteroatoms. The van der Waals surface area contributed by atoms with Gasteiger partial charge in [0.1, 0.15) is 16.6 Å². The summed E-state index contributed by atoms with van der Waals surface area (Å²) in [5.74, 6) is -0.0133. The van der Waals surface area contributed by atoms with Crippen LogP contribution in [0.5, 0.6) is 5.75 Å². The van der Waals surface area contributed by atoms with Crippen LogP contribution in [0.15, 0.2) is 42.6 Å². The summed E-state index contributed by atoms with van der Waals surface area (Å²) in [6, 6.07) is 8.91. The van der Waals surface area contributed by atoms with Crippen molar-refractivity contribution < 1.29 is 14.7 Å². The van der Waals surface area contributed by atoms with Gasteiger partial charge in [0.25, 0.3) is 0 Å². The molecule has 4 rings (SSSR count). The molecule has 1 aromatic heterocycles. The number of carbonyl (C=O) groups excluding carboxylic acids is 2. The number of aromatic nitrogens is 2. The van der Waals surface area contributed by atoms with E-state index in [0.717, 1.165) is 0 Å². The van der Waals surface area contributed by atoms with Gasteiger partial charge in [-0.25, -0.2) is 9.78 Å². The molecule has 0 radical (unpaired) electrons. The summed E-state index contributed by atoms with van der Waals surface area (Å²) < 4.78 is 0. The number of urea groups is 1. The van der Waals surface area contributed by atoms with Crippen LogP contribution >= 0.6 is 23.2 Å². The van der Waals surface area contributed by atoms with E-state index in [9.17, 15) is 14.7 Å². The molecule has 0 saturated heterocycles. The zero-order chi connectivity index (χ0) is 22.3. The van der Waals surface area contributed by atoms with Crippen molar-refractivity contribution in [2.75, 3.05) is 22.2 Å². The Hall–Kier alpha value is -3.56. The summed E-state index contributed by atoms with van der Waals surface area (Å²) in [5, 5.41) is 13.2. The van der Waals surface area contributed by atoms with Gasteiger partial charge in [0.2, 0.25) is 11.9 Å². The Bertz CT molecular complexity index is 1200. The van der Waals surface area contributed by atoms with Crippen LogP contribution in [0.2, 0.25) is 10.0 Å². The maximum absolute atomic E-state index is 13.0. The molecule has 0 bridgehead atoms.